The van der Waals surface area contributed by atoms with Crippen molar-refractivity contribution in [3.8, 4) is 5.75 Å². The molecule has 4 heteroatoms. The van der Waals surface area contributed by atoms with E-state index in [-0.39, 0.29) is 16.9 Å². The van der Waals surface area contributed by atoms with E-state index in [0.29, 0.717) is 16.8 Å². The van der Waals surface area contributed by atoms with Crippen molar-refractivity contribution in [2.45, 2.75) is 6.92 Å². The lowest BCUT2D eigenvalue weighted by molar-refractivity contribution is 0.102. The maximum absolute atomic E-state index is 11.3. The van der Waals surface area contributed by atoms with Gasteiger partial charge in [0.05, 0.1) is 5.33 Å². The molecule has 0 unspecified atom stereocenters. The summed E-state index contributed by atoms with van der Waals surface area (Å²) in [5.74, 6) is 0.0317. The molecule has 0 aliphatic heterocycles. The highest BCUT2D eigenvalue weighted by atomic mass is 79.9. The Morgan fingerprint density at radius 3 is 2.77 bits per heavy atom. The molecule has 13 heavy (non-hydrogen) atoms. The topological polar surface area (TPSA) is 63.3 Å². The quantitative estimate of drug-likeness (QED) is 0.474. The Bertz CT molecular complexity index is 350. The molecule has 0 atom stereocenters. The molecule has 0 heterocycles. The number of aryl methyl sites for hydroxylation is 1. The minimum Gasteiger partial charge on any atom is -0.508 e. The van der Waals surface area contributed by atoms with Crippen molar-refractivity contribution in [2.75, 3.05) is 11.1 Å². The van der Waals surface area contributed by atoms with E-state index >= 15 is 0 Å². The zero-order valence-corrected chi connectivity index (χ0v) is 8.76. The Morgan fingerprint density at radius 2 is 2.23 bits per heavy atom. The minimum atomic E-state index is -0.0828. The van der Waals surface area contributed by atoms with Gasteiger partial charge in [-0.15, -0.1) is 0 Å². The van der Waals surface area contributed by atoms with Gasteiger partial charge in [0.1, 0.15) is 5.75 Å². The summed E-state index contributed by atoms with van der Waals surface area (Å²) in [6.07, 6.45) is 0. The second-order valence-electron chi connectivity index (χ2n) is 2.78. The number of carbonyl (C=O) groups excluding carboxylic acids is 1. The van der Waals surface area contributed by atoms with Gasteiger partial charge in [0.25, 0.3) is 0 Å². The fraction of sp³-hybridized carbons (Fsp3) is 0.222. The summed E-state index contributed by atoms with van der Waals surface area (Å²) in [6.45, 7) is 1.72. The number of aromatic hydroxyl groups is 1. The van der Waals surface area contributed by atoms with Gasteiger partial charge in [-0.05, 0) is 18.6 Å². The second kappa shape index (κ2) is 3.79. The third-order valence-electron chi connectivity index (χ3n) is 1.79. The number of halogens is 1. The molecule has 3 N–H and O–H groups in total. The van der Waals surface area contributed by atoms with E-state index < -0.39 is 0 Å². The van der Waals surface area contributed by atoms with E-state index in [1.54, 1.807) is 13.0 Å². The van der Waals surface area contributed by atoms with Gasteiger partial charge < -0.3 is 10.8 Å². The average Bonchev–Trinajstić information content (AvgIpc) is 2.10. The summed E-state index contributed by atoms with van der Waals surface area (Å²) < 4.78 is 0. The number of alkyl halides is 1. The lowest BCUT2D eigenvalue weighted by atomic mass is 10.1. The van der Waals surface area contributed by atoms with Gasteiger partial charge in [-0.1, -0.05) is 15.9 Å². The normalized spacial score (nSPS) is 10.0. The summed E-state index contributed by atoms with van der Waals surface area (Å²) in [7, 11) is 0. The first-order chi connectivity index (χ1) is 6.06. The first-order valence-electron chi connectivity index (χ1n) is 3.74. The molecule has 0 aromatic heterocycles. The molecule has 0 bridgehead atoms. The number of nitrogen functional groups attached to an aromatic ring is 1. The molecule has 70 valence electrons. The monoisotopic (exact) mass is 243 g/mol. The Balaban J connectivity index is 3.23. The van der Waals surface area contributed by atoms with Crippen LogP contribution in [0.15, 0.2) is 12.1 Å². The Kier molecular flexibility index (Phi) is 2.93. The summed E-state index contributed by atoms with van der Waals surface area (Å²) in [5.41, 5.74) is 6.98. The van der Waals surface area contributed by atoms with Crippen LogP contribution < -0.4 is 5.73 Å². The van der Waals surface area contributed by atoms with Crippen LogP contribution in [0.2, 0.25) is 0 Å². The predicted octanol–water partition coefficient (Wildman–Crippen LogP) is 1.86. The molecule has 0 saturated carbocycles. The average molecular weight is 244 g/mol. The number of Topliss-reactive ketones (excluding diaryl/α,β-unsaturated/α-hetero) is 1. The molecule has 0 spiro atoms. The second-order valence-corrected chi connectivity index (χ2v) is 3.34. The number of hydrogen-bond acceptors (Lipinski definition) is 3. The van der Waals surface area contributed by atoms with Crippen molar-refractivity contribution in [1.29, 1.82) is 0 Å². The first-order valence-corrected chi connectivity index (χ1v) is 4.86. The number of benzene rings is 1. The fourth-order valence-corrected chi connectivity index (χ4v) is 1.33. The summed E-state index contributed by atoms with van der Waals surface area (Å²) in [5, 5.41) is 9.51. The third kappa shape index (κ3) is 2.01. The first kappa shape index (κ1) is 10.1. The van der Waals surface area contributed by atoms with Gasteiger partial charge >= 0.3 is 0 Å². The van der Waals surface area contributed by atoms with Gasteiger partial charge in [-0.2, -0.15) is 0 Å². The van der Waals surface area contributed by atoms with Crippen molar-refractivity contribution in [3.05, 3.63) is 23.3 Å². The molecule has 0 amide bonds. The van der Waals surface area contributed by atoms with E-state index in [9.17, 15) is 9.90 Å². The van der Waals surface area contributed by atoms with Crippen molar-refractivity contribution < 1.29 is 9.90 Å². The molecule has 0 saturated heterocycles. The number of rotatable bonds is 2. The molecular formula is C9H10BrNO2. The summed E-state index contributed by atoms with van der Waals surface area (Å²) in [4.78, 5) is 11.3. The van der Waals surface area contributed by atoms with Crippen molar-refractivity contribution in [1.82, 2.24) is 0 Å². The van der Waals surface area contributed by atoms with Crippen molar-refractivity contribution in [2.24, 2.45) is 0 Å². The summed E-state index contributed by atoms with van der Waals surface area (Å²) in [6, 6.07) is 2.99. The Morgan fingerprint density at radius 1 is 1.62 bits per heavy atom. The van der Waals surface area contributed by atoms with Crippen LogP contribution in [0.25, 0.3) is 0 Å². The SMILES string of the molecule is Cc1cc(C(=O)CBr)c(N)cc1O. The van der Waals surface area contributed by atoms with Gasteiger partial charge in [0.15, 0.2) is 5.78 Å². The molecule has 1 aromatic carbocycles. The maximum atomic E-state index is 11.3. The van der Waals surface area contributed by atoms with E-state index in [0.717, 1.165) is 0 Å². The number of carbonyl (C=O) groups is 1. The minimum absolute atomic E-state index is 0.0828. The van der Waals surface area contributed by atoms with E-state index in [1.807, 2.05) is 0 Å². The fourth-order valence-electron chi connectivity index (χ4n) is 1.03. The van der Waals surface area contributed by atoms with E-state index in [4.69, 9.17) is 5.73 Å². The van der Waals surface area contributed by atoms with Crippen LogP contribution in [-0.2, 0) is 0 Å². The maximum Gasteiger partial charge on any atom is 0.175 e. The highest BCUT2D eigenvalue weighted by molar-refractivity contribution is 9.09. The number of hydrogen-bond donors (Lipinski definition) is 2. The smallest absolute Gasteiger partial charge is 0.175 e. The molecule has 0 aliphatic carbocycles. The van der Waals surface area contributed by atoms with Crippen LogP contribution in [0, 0.1) is 6.92 Å². The summed E-state index contributed by atoms with van der Waals surface area (Å²) >= 11 is 3.06. The Hall–Kier alpha value is -1.03. The number of anilines is 1. The number of phenols is 1. The molecular weight excluding hydrogens is 234 g/mol. The van der Waals surface area contributed by atoms with Crippen molar-refractivity contribution >= 4 is 27.4 Å². The van der Waals surface area contributed by atoms with Gasteiger partial charge in [0, 0.05) is 17.3 Å². The van der Waals surface area contributed by atoms with Gasteiger partial charge in [0.2, 0.25) is 0 Å². The zero-order chi connectivity index (χ0) is 10.0. The standard InChI is InChI=1S/C9H10BrNO2/c1-5-2-6(9(13)4-10)7(11)3-8(5)12/h2-3,12H,4,11H2,1H3. The predicted molar refractivity (Wildman–Crippen MR) is 55.4 cm³/mol. The Labute approximate surface area is 84.7 Å². The molecule has 1 rings (SSSR count). The van der Waals surface area contributed by atoms with Crippen LogP contribution in [0.3, 0.4) is 0 Å². The van der Waals surface area contributed by atoms with Crippen LogP contribution >= 0.6 is 15.9 Å². The van der Waals surface area contributed by atoms with E-state index in [1.165, 1.54) is 6.07 Å². The molecule has 1 aromatic rings. The zero-order valence-electron chi connectivity index (χ0n) is 7.17. The molecule has 0 radical (unpaired) electrons. The highest BCUT2D eigenvalue weighted by Gasteiger charge is 2.10. The van der Waals surface area contributed by atoms with Crippen LogP contribution in [0.5, 0.6) is 5.75 Å². The number of ketones is 1. The van der Waals surface area contributed by atoms with Crippen molar-refractivity contribution in [3.63, 3.8) is 0 Å². The lowest BCUT2D eigenvalue weighted by Crippen LogP contribution is -2.05. The van der Waals surface area contributed by atoms with Crippen LogP contribution in [0.4, 0.5) is 5.69 Å². The molecule has 0 aliphatic rings. The van der Waals surface area contributed by atoms with Crippen LogP contribution in [0.1, 0.15) is 15.9 Å². The number of nitrogens with two attached hydrogens (primary N) is 1. The van der Waals surface area contributed by atoms with Gasteiger partial charge in [-0.25, -0.2) is 0 Å². The van der Waals surface area contributed by atoms with Gasteiger partial charge in [-0.3, -0.25) is 4.79 Å². The van der Waals surface area contributed by atoms with E-state index in [2.05, 4.69) is 15.9 Å². The largest absolute Gasteiger partial charge is 0.508 e. The lowest BCUT2D eigenvalue weighted by Gasteiger charge is -2.05. The number of phenolic OH excluding ortho intramolecular Hbond substituents is 1. The molecule has 0 fully saturated rings. The third-order valence-corrected chi connectivity index (χ3v) is 2.30. The highest BCUT2D eigenvalue weighted by Crippen LogP contribution is 2.24. The molecule has 3 nitrogen and oxygen atoms in total. The van der Waals surface area contributed by atoms with Crippen LogP contribution in [-0.4, -0.2) is 16.2 Å².